The predicted molar refractivity (Wildman–Crippen MR) is 65.2 cm³/mol. The first-order valence-corrected chi connectivity index (χ1v) is 5.48. The Labute approximate surface area is 92.5 Å². The molecule has 0 aliphatic heterocycles. The molecule has 0 aliphatic carbocycles. The molecule has 1 N–H and O–H groups in total. The van der Waals surface area contributed by atoms with Crippen LogP contribution in [0.2, 0.25) is 0 Å². The quantitative estimate of drug-likeness (QED) is 0.820. The third-order valence-electron chi connectivity index (χ3n) is 2.70. The van der Waals surface area contributed by atoms with E-state index in [0.29, 0.717) is 0 Å². The number of nitrogens with zero attached hydrogens (tertiary/aromatic N) is 1. The lowest BCUT2D eigenvalue weighted by atomic mass is 9.90. The van der Waals surface area contributed by atoms with Crippen molar-refractivity contribution in [2.45, 2.75) is 32.3 Å². The van der Waals surface area contributed by atoms with Crippen molar-refractivity contribution >= 4 is 5.69 Å². The summed E-state index contributed by atoms with van der Waals surface area (Å²) in [5.74, 6) is 0. The van der Waals surface area contributed by atoms with E-state index < -0.39 is 5.60 Å². The molecular formula is C13H21NO. The Hall–Kier alpha value is -1.02. The van der Waals surface area contributed by atoms with Gasteiger partial charge in [-0.3, -0.25) is 0 Å². The maximum Gasteiger partial charge on any atom is 0.0888 e. The normalized spacial score (nSPS) is 14.7. The molecule has 2 heteroatoms. The zero-order valence-corrected chi connectivity index (χ0v) is 10.1. The topological polar surface area (TPSA) is 23.5 Å². The summed E-state index contributed by atoms with van der Waals surface area (Å²) >= 11 is 0. The van der Waals surface area contributed by atoms with Crippen LogP contribution in [-0.4, -0.2) is 19.2 Å². The smallest absolute Gasteiger partial charge is 0.0888 e. The minimum atomic E-state index is -0.727. The fourth-order valence-corrected chi connectivity index (χ4v) is 1.94. The van der Waals surface area contributed by atoms with E-state index in [0.717, 1.165) is 24.1 Å². The van der Waals surface area contributed by atoms with Gasteiger partial charge in [0.05, 0.1) is 5.60 Å². The molecule has 0 radical (unpaired) electrons. The molecule has 0 unspecified atom stereocenters. The lowest BCUT2D eigenvalue weighted by Gasteiger charge is -2.28. The van der Waals surface area contributed by atoms with Crippen molar-refractivity contribution in [1.82, 2.24) is 0 Å². The Morgan fingerprint density at radius 2 is 1.87 bits per heavy atom. The van der Waals surface area contributed by atoms with Gasteiger partial charge in [0.25, 0.3) is 0 Å². The third-order valence-corrected chi connectivity index (χ3v) is 2.70. The zero-order valence-electron chi connectivity index (χ0n) is 10.1. The van der Waals surface area contributed by atoms with Gasteiger partial charge in [-0.25, -0.2) is 0 Å². The Bertz CT molecular complexity index is 318. The highest BCUT2D eigenvalue weighted by Gasteiger charge is 2.25. The molecule has 0 spiro atoms. The summed E-state index contributed by atoms with van der Waals surface area (Å²) in [4.78, 5) is 2.04. The SMILES string of the molecule is CCC[C@@](C)(O)c1ccccc1N(C)C. The van der Waals surface area contributed by atoms with Gasteiger partial charge in [0.2, 0.25) is 0 Å². The summed E-state index contributed by atoms with van der Waals surface area (Å²) in [6.07, 6.45) is 1.77. The van der Waals surface area contributed by atoms with E-state index in [9.17, 15) is 5.11 Å². The van der Waals surface area contributed by atoms with Crippen LogP contribution in [0, 0.1) is 0 Å². The number of para-hydroxylation sites is 1. The van der Waals surface area contributed by atoms with Gasteiger partial charge in [0.1, 0.15) is 0 Å². The second-order valence-electron chi connectivity index (χ2n) is 4.44. The van der Waals surface area contributed by atoms with Crippen LogP contribution in [0.3, 0.4) is 0 Å². The van der Waals surface area contributed by atoms with E-state index >= 15 is 0 Å². The van der Waals surface area contributed by atoms with E-state index in [4.69, 9.17) is 0 Å². The molecule has 0 amide bonds. The van der Waals surface area contributed by atoms with Crippen LogP contribution in [0.4, 0.5) is 5.69 Å². The molecule has 0 saturated carbocycles. The van der Waals surface area contributed by atoms with Crippen molar-refractivity contribution in [3.63, 3.8) is 0 Å². The van der Waals surface area contributed by atoms with Crippen LogP contribution < -0.4 is 4.90 Å². The minimum Gasteiger partial charge on any atom is -0.385 e. The van der Waals surface area contributed by atoms with Crippen LogP contribution >= 0.6 is 0 Å². The van der Waals surface area contributed by atoms with Crippen LogP contribution in [0.25, 0.3) is 0 Å². The highest BCUT2D eigenvalue weighted by atomic mass is 16.3. The summed E-state index contributed by atoms with van der Waals surface area (Å²) in [6.45, 7) is 3.98. The monoisotopic (exact) mass is 207 g/mol. The molecule has 0 fully saturated rings. The lowest BCUT2D eigenvalue weighted by molar-refractivity contribution is 0.0475. The fraction of sp³-hybridized carbons (Fsp3) is 0.538. The first-order chi connectivity index (χ1) is 6.99. The van der Waals surface area contributed by atoms with Gasteiger partial charge in [0, 0.05) is 25.3 Å². The molecule has 0 saturated heterocycles. The lowest BCUT2D eigenvalue weighted by Crippen LogP contribution is -2.24. The van der Waals surface area contributed by atoms with Crippen molar-refractivity contribution in [2.75, 3.05) is 19.0 Å². The molecule has 0 heterocycles. The Kier molecular flexibility index (Phi) is 3.75. The van der Waals surface area contributed by atoms with Gasteiger partial charge in [-0.05, 0) is 19.4 Å². The van der Waals surface area contributed by atoms with Crippen molar-refractivity contribution < 1.29 is 5.11 Å². The average Bonchev–Trinajstić information content (AvgIpc) is 2.17. The number of hydrogen-bond donors (Lipinski definition) is 1. The second kappa shape index (κ2) is 4.67. The maximum absolute atomic E-state index is 10.4. The number of aliphatic hydroxyl groups is 1. The minimum absolute atomic E-state index is 0.727. The molecule has 1 atom stereocenters. The molecule has 1 rings (SSSR count). The Balaban J connectivity index is 3.12. The van der Waals surface area contributed by atoms with Gasteiger partial charge in [-0.2, -0.15) is 0 Å². The molecule has 2 nitrogen and oxygen atoms in total. The number of anilines is 1. The Morgan fingerprint density at radius 1 is 1.27 bits per heavy atom. The van der Waals surface area contributed by atoms with E-state index in [-0.39, 0.29) is 0 Å². The fourth-order valence-electron chi connectivity index (χ4n) is 1.94. The highest BCUT2D eigenvalue weighted by molar-refractivity contribution is 5.54. The summed E-state index contributed by atoms with van der Waals surface area (Å²) in [5.41, 5.74) is 1.38. The summed E-state index contributed by atoms with van der Waals surface area (Å²) in [5, 5.41) is 10.4. The largest absolute Gasteiger partial charge is 0.385 e. The molecule has 0 aromatic heterocycles. The van der Waals surface area contributed by atoms with E-state index in [1.807, 2.05) is 50.2 Å². The summed E-state index contributed by atoms with van der Waals surface area (Å²) in [6, 6.07) is 8.03. The molecule has 1 aromatic carbocycles. The van der Waals surface area contributed by atoms with Crippen molar-refractivity contribution in [2.24, 2.45) is 0 Å². The van der Waals surface area contributed by atoms with Crippen molar-refractivity contribution in [3.8, 4) is 0 Å². The van der Waals surface area contributed by atoms with Crippen LogP contribution in [0.5, 0.6) is 0 Å². The van der Waals surface area contributed by atoms with Gasteiger partial charge in [0.15, 0.2) is 0 Å². The van der Waals surface area contributed by atoms with Crippen molar-refractivity contribution in [1.29, 1.82) is 0 Å². The first-order valence-electron chi connectivity index (χ1n) is 5.48. The standard InChI is InChI=1S/C13H21NO/c1-5-10-13(2,15)11-8-6-7-9-12(11)14(3)4/h6-9,15H,5,10H2,1-4H3/t13-/m1/s1. The van der Waals surface area contributed by atoms with E-state index in [1.165, 1.54) is 0 Å². The number of hydrogen-bond acceptors (Lipinski definition) is 2. The van der Waals surface area contributed by atoms with E-state index in [2.05, 4.69) is 6.92 Å². The second-order valence-corrected chi connectivity index (χ2v) is 4.44. The molecule has 15 heavy (non-hydrogen) atoms. The summed E-state index contributed by atoms with van der Waals surface area (Å²) in [7, 11) is 4.00. The molecule has 0 bridgehead atoms. The van der Waals surface area contributed by atoms with Gasteiger partial charge < -0.3 is 10.0 Å². The molecular weight excluding hydrogens is 186 g/mol. The third kappa shape index (κ3) is 2.72. The first kappa shape index (κ1) is 12.1. The predicted octanol–water partition coefficient (Wildman–Crippen LogP) is 2.76. The van der Waals surface area contributed by atoms with Gasteiger partial charge >= 0.3 is 0 Å². The van der Waals surface area contributed by atoms with Crippen LogP contribution in [0.1, 0.15) is 32.3 Å². The number of benzene rings is 1. The molecule has 0 aliphatic rings. The Morgan fingerprint density at radius 3 is 2.40 bits per heavy atom. The van der Waals surface area contributed by atoms with Crippen molar-refractivity contribution in [3.05, 3.63) is 29.8 Å². The zero-order chi connectivity index (χ0) is 11.5. The van der Waals surface area contributed by atoms with Gasteiger partial charge in [-0.15, -0.1) is 0 Å². The van der Waals surface area contributed by atoms with Crippen LogP contribution in [-0.2, 0) is 5.60 Å². The van der Waals surface area contributed by atoms with Gasteiger partial charge in [-0.1, -0.05) is 31.5 Å². The average molecular weight is 207 g/mol. The molecule has 84 valence electrons. The van der Waals surface area contributed by atoms with E-state index in [1.54, 1.807) is 0 Å². The highest BCUT2D eigenvalue weighted by Crippen LogP contribution is 2.32. The maximum atomic E-state index is 10.4. The number of rotatable bonds is 4. The molecule has 1 aromatic rings. The van der Waals surface area contributed by atoms with Crippen LogP contribution in [0.15, 0.2) is 24.3 Å². The summed E-state index contributed by atoms with van der Waals surface area (Å²) < 4.78 is 0.